The van der Waals surface area contributed by atoms with Crippen molar-refractivity contribution in [3.05, 3.63) is 65.3 Å². The third-order valence-corrected chi connectivity index (χ3v) is 3.70. The van der Waals surface area contributed by atoms with E-state index >= 15 is 0 Å². The van der Waals surface area contributed by atoms with E-state index in [4.69, 9.17) is 16.6 Å². The maximum Gasteiger partial charge on any atom is 0.138 e. The molecule has 0 amide bonds. The maximum absolute atomic E-state index is 5.95. The summed E-state index contributed by atoms with van der Waals surface area (Å²) in [6.45, 7) is 2.17. The average molecular weight is 297 g/mol. The van der Waals surface area contributed by atoms with Gasteiger partial charge in [0.05, 0.1) is 11.4 Å². The van der Waals surface area contributed by atoms with Crippen molar-refractivity contribution in [3.63, 3.8) is 0 Å². The lowest BCUT2D eigenvalue weighted by atomic mass is 10.1. The van der Waals surface area contributed by atoms with Crippen LogP contribution in [0.15, 0.2) is 54.6 Å². The summed E-state index contributed by atoms with van der Waals surface area (Å²) in [6.07, 6.45) is 2.04. The van der Waals surface area contributed by atoms with Crippen molar-refractivity contribution in [1.82, 2.24) is 9.97 Å². The fourth-order valence-corrected chi connectivity index (χ4v) is 2.54. The first-order chi connectivity index (χ1) is 10.3. The van der Waals surface area contributed by atoms with Crippen molar-refractivity contribution in [2.75, 3.05) is 0 Å². The molecule has 2 nitrogen and oxygen atoms in total. The third kappa shape index (κ3) is 3.01. The zero-order chi connectivity index (χ0) is 14.7. The minimum absolute atomic E-state index is 0.738. The highest BCUT2D eigenvalue weighted by Crippen LogP contribution is 2.27. The summed E-state index contributed by atoms with van der Waals surface area (Å²) in [5.74, 6) is 0.897. The van der Waals surface area contributed by atoms with Crippen LogP contribution in [0.4, 0.5) is 0 Å². The Hall–Kier alpha value is -2.06. The highest BCUT2D eigenvalue weighted by molar-refractivity contribution is 6.30. The molecule has 0 spiro atoms. The molecule has 21 heavy (non-hydrogen) atoms. The Morgan fingerprint density at radius 1 is 0.952 bits per heavy atom. The van der Waals surface area contributed by atoms with E-state index in [-0.39, 0.29) is 0 Å². The Bertz CT molecular complexity index is 715. The summed E-state index contributed by atoms with van der Waals surface area (Å²) in [6, 6.07) is 18.1. The summed E-state index contributed by atoms with van der Waals surface area (Å²) >= 11 is 5.95. The minimum atomic E-state index is 0.738. The zero-order valence-corrected chi connectivity index (χ0v) is 12.7. The van der Waals surface area contributed by atoms with Gasteiger partial charge >= 0.3 is 0 Å². The van der Waals surface area contributed by atoms with Gasteiger partial charge in [-0.25, -0.2) is 4.98 Å². The molecule has 3 aromatic rings. The molecule has 1 N–H and O–H groups in total. The van der Waals surface area contributed by atoms with Crippen LogP contribution in [0.1, 0.15) is 19.0 Å². The Kier molecular flexibility index (Phi) is 4.07. The summed E-state index contributed by atoms with van der Waals surface area (Å²) in [4.78, 5) is 8.24. The molecule has 0 saturated heterocycles. The summed E-state index contributed by atoms with van der Waals surface area (Å²) in [5, 5.41) is 0.738. The smallest absolute Gasteiger partial charge is 0.138 e. The van der Waals surface area contributed by atoms with Crippen LogP contribution in [0.2, 0.25) is 5.02 Å². The van der Waals surface area contributed by atoms with E-state index < -0.39 is 0 Å². The van der Waals surface area contributed by atoms with Gasteiger partial charge in [0.25, 0.3) is 0 Å². The van der Waals surface area contributed by atoms with E-state index in [0.29, 0.717) is 0 Å². The molecule has 0 bridgehead atoms. The van der Waals surface area contributed by atoms with Crippen LogP contribution in [0.5, 0.6) is 0 Å². The topological polar surface area (TPSA) is 28.7 Å². The second-order valence-electron chi connectivity index (χ2n) is 5.03. The first-order valence-electron chi connectivity index (χ1n) is 7.18. The van der Waals surface area contributed by atoms with Crippen molar-refractivity contribution in [2.45, 2.75) is 19.8 Å². The Morgan fingerprint density at radius 3 is 2.33 bits per heavy atom. The van der Waals surface area contributed by atoms with E-state index in [0.717, 1.165) is 40.6 Å². The van der Waals surface area contributed by atoms with Crippen LogP contribution >= 0.6 is 11.6 Å². The van der Waals surface area contributed by atoms with Gasteiger partial charge in [-0.3, -0.25) is 0 Å². The second-order valence-corrected chi connectivity index (χ2v) is 5.47. The molecular weight excluding hydrogens is 280 g/mol. The third-order valence-electron chi connectivity index (χ3n) is 3.45. The molecule has 2 aromatic carbocycles. The SMILES string of the molecule is CCCc1nc(-c2ccc(Cl)cc2)[nH]c1-c1ccccc1. The molecule has 0 aliphatic heterocycles. The molecule has 0 radical (unpaired) electrons. The van der Waals surface area contributed by atoms with E-state index in [1.54, 1.807) is 0 Å². The number of hydrogen-bond acceptors (Lipinski definition) is 1. The summed E-state index contributed by atoms with van der Waals surface area (Å²) in [7, 11) is 0. The molecule has 1 aromatic heterocycles. The van der Waals surface area contributed by atoms with Crippen LogP contribution in [0, 0.1) is 0 Å². The van der Waals surface area contributed by atoms with Gasteiger partial charge in [-0.05, 0) is 36.2 Å². The quantitative estimate of drug-likeness (QED) is 0.691. The van der Waals surface area contributed by atoms with Crippen LogP contribution < -0.4 is 0 Å². The minimum Gasteiger partial charge on any atom is -0.338 e. The molecule has 0 saturated carbocycles. The second kappa shape index (κ2) is 6.15. The lowest BCUT2D eigenvalue weighted by molar-refractivity contribution is 0.895. The number of hydrogen-bond donors (Lipinski definition) is 1. The lowest BCUT2D eigenvalue weighted by Gasteiger charge is -2.00. The largest absolute Gasteiger partial charge is 0.338 e. The first-order valence-corrected chi connectivity index (χ1v) is 7.56. The molecule has 0 atom stereocenters. The fraction of sp³-hybridized carbons (Fsp3) is 0.167. The van der Waals surface area contributed by atoms with Gasteiger partial charge in [-0.15, -0.1) is 0 Å². The van der Waals surface area contributed by atoms with Crippen LogP contribution in [-0.2, 0) is 6.42 Å². The van der Waals surface area contributed by atoms with Gasteiger partial charge in [0.15, 0.2) is 0 Å². The van der Waals surface area contributed by atoms with Gasteiger partial charge in [0.2, 0.25) is 0 Å². The van der Waals surface area contributed by atoms with Crippen molar-refractivity contribution in [1.29, 1.82) is 0 Å². The number of imidazole rings is 1. The Morgan fingerprint density at radius 2 is 1.67 bits per heavy atom. The summed E-state index contributed by atoms with van der Waals surface area (Å²) < 4.78 is 0. The number of rotatable bonds is 4. The summed E-state index contributed by atoms with van der Waals surface area (Å²) in [5.41, 5.74) is 4.46. The van der Waals surface area contributed by atoms with E-state index in [1.807, 2.05) is 42.5 Å². The number of benzene rings is 2. The number of H-pyrrole nitrogens is 1. The molecule has 0 aliphatic carbocycles. The normalized spacial score (nSPS) is 10.8. The predicted octanol–water partition coefficient (Wildman–Crippen LogP) is 5.35. The predicted molar refractivity (Wildman–Crippen MR) is 88.5 cm³/mol. The fourth-order valence-electron chi connectivity index (χ4n) is 2.42. The van der Waals surface area contributed by atoms with Crippen molar-refractivity contribution >= 4 is 11.6 Å². The van der Waals surface area contributed by atoms with Crippen LogP contribution in [0.3, 0.4) is 0 Å². The number of aromatic nitrogens is 2. The standard InChI is InChI=1S/C18H17ClN2/c1-2-6-16-17(13-7-4-3-5-8-13)21-18(20-16)14-9-11-15(19)12-10-14/h3-5,7-12H,2,6H2,1H3,(H,20,21). The average Bonchev–Trinajstić information content (AvgIpc) is 2.93. The zero-order valence-electron chi connectivity index (χ0n) is 11.9. The number of nitrogens with one attached hydrogen (secondary N) is 1. The van der Waals surface area contributed by atoms with E-state index in [9.17, 15) is 0 Å². The first kappa shape index (κ1) is 13.9. The molecule has 0 fully saturated rings. The molecular formula is C18H17ClN2. The molecule has 1 heterocycles. The van der Waals surface area contributed by atoms with E-state index in [2.05, 4.69) is 24.0 Å². The van der Waals surface area contributed by atoms with Gasteiger partial charge in [-0.2, -0.15) is 0 Å². The Labute approximate surface area is 129 Å². The molecule has 0 aliphatic rings. The van der Waals surface area contributed by atoms with Crippen LogP contribution in [-0.4, -0.2) is 9.97 Å². The van der Waals surface area contributed by atoms with Crippen molar-refractivity contribution in [2.24, 2.45) is 0 Å². The monoisotopic (exact) mass is 296 g/mol. The number of aromatic amines is 1. The highest BCUT2D eigenvalue weighted by atomic mass is 35.5. The van der Waals surface area contributed by atoms with Crippen molar-refractivity contribution < 1.29 is 0 Å². The van der Waals surface area contributed by atoms with Gasteiger partial charge in [0.1, 0.15) is 5.82 Å². The Balaban J connectivity index is 2.06. The maximum atomic E-state index is 5.95. The van der Waals surface area contributed by atoms with Gasteiger partial charge in [-0.1, -0.05) is 55.3 Å². The van der Waals surface area contributed by atoms with Gasteiger partial charge in [0, 0.05) is 10.6 Å². The molecule has 0 unspecified atom stereocenters. The highest BCUT2D eigenvalue weighted by Gasteiger charge is 2.12. The molecule has 3 heteroatoms. The molecule has 3 rings (SSSR count). The van der Waals surface area contributed by atoms with Crippen LogP contribution in [0.25, 0.3) is 22.6 Å². The van der Waals surface area contributed by atoms with Crippen molar-refractivity contribution in [3.8, 4) is 22.6 Å². The lowest BCUT2D eigenvalue weighted by Crippen LogP contribution is -1.87. The molecule has 106 valence electrons. The number of nitrogens with zero attached hydrogens (tertiary/aromatic N) is 1. The van der Waals surface area contributed by atoms with E-state index in [1.165, 1.54) is 5.56 Å². The number of halogens is 1. The van der Waals surface area contributed by atoms with Gasteiger partial charge < -0.3 is 4.98 Å². The number of aryl methyl sites for hydroxylation is 1.